The molecule has 0 saturated heterocycles. The first-order valence-corrected chi connectivity index (χ1v) is 48.3. The van der Waals surface area contributed by atoms with Crippen molar-refractivity contribution in [3.8, 4) is 74.4 Å². The van der Waals surface area contributed by atoms with Crippen LogP contribution in [0.15, 0.2) is 304 Å². The van der Waals surface area contributed by atoms with Gasteiger partial charge in [0.15, 0.2) is 34.9 Å². The van der Waals surface area contributed by atoms with Gasteiger partial charge < -0.3 is 73.4 Å². The molecule has 0 amide bonds. The second kappa shape index (κ2) is 55.4. The van der Waals surface area contributed by atoms with E-state index in [0.717, 1.165) is 61.6 Å². The summed E-state index contributed by atoms with van der Waals surface area (Å²) in [7, 11) is 1.68. The number of ether oxygens (including phenoxy) is 1. The Labute approximate surface area is 873 Å². The third-order valence-corrected chi connectivity index (χ3v) is 19.9. The van der Waals surface area contributed by atoms with Gasteiger partial charge in [-0.15, -0.1) is 0 Å². The number of nitrogens with zero attached hydrogens (tertiary/aromatic N) is 24. The average Bonchev–Trinajstić information content (AvgIpc) is 0.848. The van der Waals surface area contributed by atoms with E-state index in [1.807, 2.05) is 320 Å². The molecular weight excluding hydrogens is 1920 g/mol. The van der Waals surface area contributed by atoms with Crippen molar-refractivity contribution in [3.63, 3.8) is 0 Å². The zero-order chi connectivity index (χ0) is 105. The zero-order valence-corrected chi connectivity index (χ0v) is 85.5. The Morgan fingerprint density at radius 2 is 0.597 bits per heavy atom. The van der Waals surface area contributed by atoms with Crippen LogP contribution in [0.4, 0.5) is 110 Å². The summed E-state index contributed by atoms with van der Waals surface area (Å²) in [6.45, 7) is 32.2. The Morgan fingerprint density at radius 3 is 0.893 bits per heavy atom. The van der Waals surface area contributed by atoms with Crippen molar-refractivity contribution in [2.24, 2.45) is 0 Å². The molecular formula is C109H111Cl2FN36O. The minimum atomic E-state index is -0.539. The topological polar surface area (TPSA) is 465 Å². The molecule has 0 aliphatic carbocycles. The lowest BCUT2D eigenvalue weighted by Gasteiger charge is -2.12. The van der Waals surface area contributed by atoms with Crippen molar-refractivity contribution in [1.82, 2.24) is 110 Å². The molecule has 0 atom stereocenters. The van der Waals surface area contributed by atoms with Crippen molar-refractivity contribution >= 4 is 129 Å². The summed E-state index contributed by atoms with van der Waals surface area (Å²) >= 11 is 11.9. The molecule has 37 nitrogen and oxygen atoms in total. The molecule has 0 aliphatic rings. The molecule has 0 unspecified atom stereocenters. The fraction of sp³-hybridized carbons (Fsp3) is 0.193. The van der Waals surface area contributed by atoms with E-state index in [2.05, 4.69) is 178 Å². The second-order valence-corrected chi connectivity index (χ2v) is 35.2. The quantitative estimate of drug-likeness (QED) is 0.0134. The van der Waals surface area contributed by atoms with Crippen molar-refractivity contribution in [2.75, 3.05) is 70.9 Å². The molecule has 0 radical (unpaired) electrons. The summed E-state index contributed by atoms with van der Waals surface area (Å²) in [5.41, 5.74) is 12.3. The summed E-state index contributed by atoms with van der Waals surface area (Å²) < 4.78 is 18.1. The molecule has 10 heterocycles. The predicted molar refractivity (Wildman–Crippen MR) is 589 cm³/mol. The molecule has 0 aliphatic heterocycles. The Morgan fingerprint density at radius 1 is 0.302 bits per heavy atom. The van der Waals surface area contributed by atoms with Crippen LogP contribution in [0, 0.1) is 23.9 Å². The van der Waals surface area contributed by atoms with Gasteiger partial charge in [-0.1, -0.05) is 229 Å². The number of hydrogen-bond acceptors (Lipinski definition) is 36. The first-order chi connectivity index (χ1) is 72.2. The van der Waals surface area contributed by atoms with Crippen LogP contribution in [0.3, 0.4) is 0 Å². The van der Waals surface area contributed by atoms with Gasteiger partial charge in [-0.25, -0.2) is 21.5 Å². The summed E-state index contributed by atoms with van der Waals surface area (Å²) in [4.78, 5) is 99.5. The monoisotopic (exact) mass is 2030 g/mol. The number of aromatic nitrogens is 22. The minimum Gasteiger partial charge on any atom is -0.380 e. The largest absolute Gasteiger partial charge is 0.380 e. The number of anilines is 18. The first kappa shape index (κ1) is 108. The van der Waals surface area contributed by atoms with Gasteiger partial charge in [0, 0.05) is 124 Å². The highest BCUT2D eigenvalue weighted by atomic mass is 35.5. The highest BCUT2D eigenvalue weighted by molar-refractivity contribution is 6.30. The molecule has 40 heteroatoms. The van der Waals surface area contributed by atoms with Gasteiger partial charge in [-0.2, -0.15) is 99.4 Å². The van der Waals surface area contributed by atoms with E-state index < -0.39 is 5.95 Å². The lowest BCUT2D eigenvalue weighted by Crippen LogP contribution is -2.14. The number of nitriles is 1. The van der Waals surface area contributed by atoms with Gasteiger partial charge in [-0.05, 0) is 155 Å². The Hall–Kier alpha value is -18.5. The number of benzene rings is 8. The normalized spacial score (nSPS) is 10.6. The van der Waals surface area contributed by atoms with Crippen molar-refractivity contribution in [2.45, 2.75) is 132 Å². The van der Waals surface area contributed by atoms with Crippen LogP contribution in [0.2, 0.25) is 10.2 Å². The van der Waals surface area contributed by atoms with Crippen LogP contribution in [-0.4, -0.2) is 153 Å². The molecule has 8 aromatic carbocycles. The molecule has 12 N–H and O–H groups in total. The van der Waals surface area contributed by atoms with E-state index >= 15 is 0 Å². The highest BCUT2D eigenvalue weighted by Gasteiger charge is 2.19. The minimum absolute atomic E-state index is 0.177. The van der Waals surface area contributed by atoms with Crippen LogP contribution < -0.4 is 63.8 Å². The predicted octanol–water partition coefficient (Wildman–Crippen LogP) is 24.1. The number of methoxy groups -OCH3 is 1. The molecule has 754 valence electrons. The third kappa shape index (κ3) is 36.1. The fourth-order valence-corrected chi connectivity index (χ4v) is 13.7. The number of hydrogen-bond donors (Lipinski definition) is 12. The fourth-order valence-electron chi connectivity index (χ4n) is 13.3. The second-order valence-electron chi connectivity index (χ2n) is 34.4. The number of halogens is 3. The molecule has 10 aromatic heterocycles. The van der Waals surface area contributed by atoms with Crippen molar-refractivity contribution in [1.29, 1.82) is 5.26 Å². The van der Waals surface area contributed by atoms with Gasteiger partial charge in [0.1, 0.15) is 16.9 Å². The standard InChI is InChI=1S/C20H20N6.C20H23N5O.C18H17N7.2C17H17ClN6.C17H17FN6/c1-14(2)22-19-24-18(16-9-5-4-6-10-16)25-20(26-19)23-17-11-7-8-15(12-17)13-21-3;1-14(2)21-19-23-18(16-9-5-4-6-10-16)24-20(25-19)22-17-11-7-8-15(12-17)13-26-3;1-12(2)21-17-23-16(13-6-4-3-5-7-13)24-18(25-17)22-14-8-9-20-15(10-14)11-19;1-11(2)20-16-22-15(12-6-4-3-5-7-12)23-17(24-16)21-14-8-13(18)9-19-10-14;1-11(2)20-16-22-15(12-6-4-3-5-7-12)23-17(24-16)21-13-8-9-19-14(18)10-13;1-11(2)20-16-22-15(12-6-4-3-5-7-12)23-17(24-16)21-13-8-9-14(18)19-10-13/h4-12,14H,13H2,1-2H3,(H2,22,23,24,25,26);4-12,14H,13H2,1-3H3,(H2,21,22,23,24,25);3-10,12H,1-2H3,(H2,20,21,22,23,24,25);3-11H,1-2H3,(H2,20,21,22,23,24);3-11H,1-2H3,(H2,19,20,21,22,23,24);3-11H,1-2H3,(H2,20,21,22,23,24). The Kier molecular flexibility index (Phi) is 40.0. The SMILES string of the molecule is CC(C)Nc1nc(Nc2ccc(F)nc2)nc(-c2ccccc2)n1.CC(C)Nc1nc(Nc2ccnc(C#N)c2)nc(-c2ccccc2)n1.CC(C)Nc1nc(Nc2ccnc(Cl)c2)nc(-c2ccccc2)n1.CC(C)Nc1nc(Nc2cncc(Cl)c2)nc(-c2ccccc2)n1.COCc1cccc(Nc2nc(NC(C)C)nc(-c3ccccc3)n2)c1.[C-]#[N+]Cc1cccc(Nc2nc(NC(C)C)nc(-c3ccccc3)n2)c1. The number of nitrogens with one attached hydrogen (secondary N) is 12. The van der Waals surface area contributed by atoms with E-state index in [-0.39, 0.29) is 36.3 Å². The summed E-state index contributed by atoms with van der Waals surface area (Å²) in [5.74, 6) is 8.61. The summed E-state index contributed by atoms with van der Waals surface area (Å²) in [6.07, 6.45) is 7.80. The van der Waals surface area contributed by atoms with Gasteiger partial charge >= 0.3 is 0 Å². The third-order valence-electron chi connectivity index (χ3n) is 19.5. The highest BCUT2D eigenvalue weighted by Crippen LogP contribution is 2.31. The molecule has 0 saturated carbocycles. The van der Waals surface area contributed by atoms with Crippen LogP contribution >= 0.6 is 23.2 Å². The lowest BCUT2D eigenvalue weighted by molar-refractivity contribution is 0.185. The van der Waals surface area contributed by atoms with Crippen molar-refractivity contribution in [3.05, 3.63) is 348 Å². The first-order valence-electron chi connectivity index (χ1n) is 47.5. The van der Waals surface area contributed by atoms with Gasteiger partial charge in [0.05, 0.1) is 35.4 Å². The smallest absolute Gasteiger partial charge is 0.239 e. The van der Waals surface area contributed by atoms with Crippen molar-refractivity contribution < 1.29 is 9.13 Å². The van der Waals surface area contributed by atoms with E-state index in [0.29, 0.717) is 152 Å². The Balaban J connectivity index is 0.000000149. The van der Waals surface area contributed by atoms with Crippen LogP contribution in [0.5, 0.6) is 0 Å². The molecule has 0 spiro atoms. The lowest BCUT2D eigenvalue weighted by atomic mass is 10.2. The number of pyridine rings is 4. The van der Waals surface area contributed by atoms with E-state index in [1.54, 1.807) is 68.3 Å². The van der Waals surface area contributed by atoms with Crippen LogP contribution in [0.25, 0.3) is 73.2 Å². The zero-order valence-electron chi connectivity index (χ0n) is 84.0. The number of rotatable bonds is 33. The van der Waals surface area contributed by atoms with Gasteiger partial charge in [0.25, 0.3) is 0 Å². The van der Waals surface area contributed by atoms with Gasteiger partial charge in [0.2, 0.25) is 83.9 Å². The Bertz CT molecular complexity index is 7240. The molecule has 18 aromatic rings. The summed E-state index contributed by atoms with van der Waals surface area (Å²) in [6, 6.07) is 88.9. The maximum Gasteiger partial charge on any atom is 0.239 e. The van der Waals surface area contributed by atoms with E-state index in [4.69, 9.17) is 39.8 Å². The van der Waals surface area contributed by atoms with E-state index in [1.165, 1.54) is 12.3 Å². The average molecular weight is 2030 g/mol. The maximum absolute atomic E-state index is 12.9. The van der Waals surface area contributed by atoms with Crippen LogP contribution in [-0.2, 0) is 17.9 Å². The summed E-state index contributed by atoms with van der Waals surface area (Å²) in [5, 5.41) is 48.1. The molecule has 0 bridgehead atoms. The van der Waals surface area contributed by atoms with E-state index in [9.17, 15) is 4.39 Å². The molecule has 18 rings (SSSR count). The molecule has 0 fully saturated rings. The van der Waals surface area contributed by atoms with Gasteiger partial charge in [-0.3, -0.25) is 4.98 Å². The van der Waals surface area contributed by atoms with Crippen LogP contribution in [0.1, 0.15) is 99.9 Å². The molecule has 149 heavy (non-hydrogen) atoms. The maximum atomic E-state index is 12.9.